The lowest BCUT2D eigenvalue weighted by molar-refractivity contribution is 0.509. The molecule has 1 atom stereocenters. The highest BCUT2D eigenvalue weighted by Gasteiger charge is 2.25. The predicted octanol–water partition coefficient (Wildman–Crippen LogP) is 4.71. The summed E-state index contributed by atoms with van der Waals surface area (Å²) < 4.78 is 2.18. The first-order valence-electron chi connectivity index (χ1n) is 9.44. The van der Waals surface area contributed by atoms with Crippen molar-refractivity contribution in [2.24, 2.45) is 5.92 Å². The van der Waals surface area contributed by atoms with E-state index in [4.69, 9.17) is 4.98 Å². The number of nitrogens with zero attached hydrogens (tertiary/aromatic N) is 5. The molecule has 0 radical (unpaired) electrons. The summed E-state index contributed by atoms with van der Waals surface area (Å²) >= 11 is 3.56. The van der Waals surface area contributed by atoms with Crippen LogP contribution in [-0.2, 0) is 25.0 Å². The first-order valence-corrected chi connectivity index (χ1v) is 11.2. The fraction of sp³-hybridized carbons (Fsp3) is 0.400. The van der Waals surface area contributed by atoms with Crippen molar-refractivity contribution in [3.8, 4) is 0 Å². The molecule has 0 unspecified atom stereocenters. The second kappa shape index (κ2) is 6.87. The number of aromatic nitrogens is 5. The van der Waals surface area contributed by atoms with Crippen LogP contribution in [0.1, 0.15) is 42.1 Å². The van der Waals surface area contributed by atoms with Gasteiger partial charge in [-0.1, -0.05) is 31.7 Å². The molecule has 138 valence electrons. The maximum atomic E-state index is 5.02. The Kier molecular flexibility index (Phi) is 4.36. The number of rotatable bonds is 4. The van der Waals surface area contributed by atoms with Crippen LogP contribution in [-0.4, -0.2) is 24.6 Å². The molecule has 0 saturated heterocycles. The highest BCUT2D eigenvalue weighted by Crippen LogP contribution is 2.39. The molecule has 0 N–H and O–H groups in total. The summed E-state index contributed by atoms with van der Waals surface area (Å²) in [6.07, 6.45) is 8.12. The van der Waals surface area contributed by atoms with E-state index in [0.29, 0.717) is 0 Å². The normalized spacial score (nSPS) is 16.9. The van der Waals surface area contributed by atoms with Crippen LogP contribution >= 0.6 is 23.1 Å². The van der Waals surface area contributed by atoms with Crippen LogP contribution in [0.3, 0.4) is 0 Å². The van der Waals surface area contributed by atoms with Gasteiger partial charge in [-0.15, -0.1) is 21.5 Å². The zero-order chi connectivity index (χ0) is 18.4. The zero-order valence-corrected chi connectivity index (χ0v) is 17.1. The standard InChI is InChI=1S/C20H21N5S2/c1-3-16-22-19-17(14-7-6-12(2)9-15(14)27-19)18-23-24-20(25(16)18)26-11-13-5-4-8-21-10-13/h4-5,8,10,12H,3,6-7,9,11H2,1-2H3/t12-/m1/s1. The van der Waals surface area contributed by atoms with Gasteiger partial charge in [0.2, 0.25) is 0 Å². The quantitative estimate of drug-likeness (QED) is 0.468. The van der Waals surface area contributed by atoms with Crippen LogP contribution in [0.15, 0.2) is 29.7 Å². The van der Waals surface area contributed by atoms with Gasteiger partial charge in [0.25, 0.3) is 0 Å². The van der Waals surface area contributed by atoms with E-state index in [1.807, 2.05) is 23.6 Å². The number of thiophene rings is 1. The highest BCUT2D eigenvalue weighted by atomic mass is 32.2. The first kappa shape index (κ1) is 17.1. The van der Waals surface area contributed by atoms with E-state index < -0.39 is 0 Å². The molecule has 0 bridgehead atoms. The fourth-order valence-electron chi connectivity index (χ4n) is 3.84. The van der Waals surface area contributed by atoms with Crippen molar-refractivity contribution >= 4 is 39.0 Å². The van der Waals surface area contributed by atoms with Crippen molar-refractivity contribution in [1.82, 2.24) is 24.6 Å². The molecule has 4 aromatic heterocycles. The summed E-state index contributed by atoms with van der Waals surface area (Å²) in [5.41, 5.74) is 3.63. The fourth-order valence-corrected chi connectivity index (χ4v) is 6.12. The Balaban J connectivity index is 1.63. The van der Waals surface area contributed by atoms with Gasteiger partial charge in [0.1, 0.15) is 10.7 Å². The second-order valence-corrected chi connectivity index (χ2v) is 9.23. The molecule has 5 rings (SSSR count). The molecule has 0 aromatic carbocycles. The average Bonchev–Trinajstić information content (AvgIpc) is 3.26. The number of hydrogen-bond acceptors (Lipinski definition) is 6. The number of hydrogen-bond donors (Lipinski definition) is 0. The molecule has 7 heteroatoms. The third-order valence-corrected chi connectivity index (χ3v) is 7.39. The first-order chi connectivity index (χ1) is 13.2. The van der Waals surface area contributed by atoms with Crippen molar-refractivity contribution in [2.45, 2.75) is 50.4 Å². The van der Waals surface area contributed by atoms with Crippen molar-refractivity contribution in [2.75, 3.05) is 0 Å². The minimum atomic E-state index is 0.760. The molecule has 0 saturated carbocycles. The number of aryl methyl sites for hydroxylation is 2. The lowest BCUT2D eigenvalue weighted by Crippen LogP contribution is -2.09. The molecule has 5 nitrogen and oxygen atoms in total. The van der Waals surface area contributed by atoms with Crippen LogP contribution in [0.5, 0.6) is 0 Å². The Morgan fingerprint density at radius 3 is 3.07 bits per heavy atom. The number of pyridine rings is 1. The lowest BCUT2D eigenvalue weighted by Gasteiger charge is -2.17. The Bertz CT molecular complexity index is 1120. The van der Waals surface area contributed by atoms with Gasteiger partial charge in [-0.3, -0.25) is 9.38 Å². The van der Waals surface area contributed by atoms with Crippen molar-refractivity contribution in [3.63, 3.8) is 0 Å². The second-order valence-electron chi connectivity index (χ2n) is 7.21. The lowest BCUT2D eigenvalue weighted by atomic mass is 9.89. The highest BCUT2D eigenvalue weighted by molar-refractivity contribution is 7.98. The molecule has 0 aliphatic heterocycles. The smallest absolute Gasteiger partial charge is 0.197 e. The Morgan fingerprint density at radius 1 is 1.33 bits per heavy atom. The summed E-state index contributed by atoms with van der Waals surface area (Å²) in [5, 5.41) is 11.3. The molecule has 0 amide bonds. The van der Waals surface area contributed by atoms with Crippen LogP contribution in [0.4, 0.5) is 0 Å². The van der Waals surface area contributed by atoms with Crippen LogP contribution < -0.4 is 0 Å². The van der Waals surface area contributed by atoms with Crippen molar-refractivity contribution < 1.29 is 0 Å². The van der Waals surface area contributed by atoms with Gasteiger partial charge in [-0.25, -0.2) is 4.98 Å². The van der Waals surface area contributed by atoms with Crippen molar-refractivity contribution in [1.29, 1.82) is 0 Å². The molecule has 0 spiro atoms. The molecule has 4 aromatic rings. The molecular formula is C20H21N5S2. The van der Waals surface area contributed by atoms with Gasteiger partial charge in [0.15, 0.2) is 10.8 Å². The van der Waals surface area contributed by atoms with Crippen molar-refractivity contribution in [3.05, 3.63) is 46.4 Å². The minimum Gasteiger partial charge on any atom is -0.264 e. The molecule has 0 fully saturated rings. The van der Waals surface area contributed by atoms with E-state index in [1.165, 1.54) is 34.2 Å². The minimum absolute atomic E-state index is 0.760. The van der Waals surface area contributed by atoms with E-state index in [1.54, 1.807) is 18.0 Å². The predicted molar refractivity (Wildman–Crippen MR) is 111 cm³/mol. The summed E-state index contributed by atoms with van der Waals surface area (Å²) in [6, 6.07) is 4.07. The third-order valence-electron chi connectivity index (χ3n) is 5.25. The van der Waals surface area contributed by atoms with Gasteiger partial charge in [0.05, 0.1) is 5.39 Å². The summed E-state index contributed by atoms with van der Waals surface area (Å²) in [6.45, 7) is 4.50. The zero-order valence-electron chi connectivity index (χ0n) is 15.5. The molecule has 1 aliphatic carbocycles. The van der Waals surface area contributed by atoms with E-state index >= 15 is 0 Å². The molecule has 4 heterocycles. The number of thioether (sulfide) groups is 1. The van der Waals surface area contributed by atoms with Gasteiger partial charge in [-0.2, -0.15) is 0 Å². The molecule has 1 aliphatic rings. The summed E-state index contributed by atoms with van der Waals surface area (Å²) in [4.78, 5) is 11.9. The van der Waals surface area contributed by atoms with E-state index in [0.717, 1.165) is 46.0 Å². The average molecular weight is 396 g/mol. The van der Waals surface area contributed by atoms with Gasteiger partial charge in [0, 0.05) is 29.4 Å². The van der Waals surface area contributed by atoms with E-state index in [9.17, 15) is 0 Å². The summed E-state index contributed by atoms with van der Waals surface area (Å²) in [5.74, 6) is 2.63. The Morgan fingerprint density at radius 2 is 2.26 bits per heavy atom. The molecule has 27 heavy (non-hydrogen) atoms. The molecular weight excluding hydrogens is 374 g/mol. The van der Waals surface area contributed by atoms with Gasteiger partial charge < -0.3 is 0 Å². The van der Waals surface area contributed by atoms with E-state index in [-0.39, 0.29) is 0 Å². The van der Waals surface area contributed by atoms with Gasteiger partial charge in [-0.05, 0) is 42.4 Å². The maximum Gasteiger partial charge on any atom is 0.197 e. The summed E-state index contributed by atoms with van der Waals surface area (Å²) in [7, 11) is 0. The number of fused-ring (bicyclic) bond motifs is 5. The van der Waals surface area contributed by atoms with Crippen LogP contribution in [0.25, 0.3) is 15.9 Å². The van der Waals surface area contributed by atoms with Gasteiger partial charge >= 0.3 is 0 Å². The van der Waals surface area contributed by atoms with Crippen LogP contribution in [0, 0.1) is 5.92 Å². The largest absolute Gasteiger partial charge is 0.264 e. The monoisotopic (exact) mass is 395 g/mol. The Labute approximate surface area is 166 Å². The third kappa shape index (κ3) is 2.93. The SMILES string of the molecule is CCc1nc2sc3c(c2c2nnc(SCc4cccnc4)n12)CC[C@@H](C)C3. The van der Waals surface area contributed by atoms with Crippen LogP contribution in [0.2, 0.25) is 0 Å². The maximum absolute atomic E-state index is 5.02. The van der Waals surface area contributed by atoms with E-state index in [2.05, 4.69) is 39.5 Å². The Hall–Kier alpha value is -1.99. The topological polar surface area (TPSA) is 56.0 Å².